The Morgan fingerprint density at radius 3 is 1.65 bits per heavy atom. The molecule has 40 heteroatoms. The van der Waals surface area contributed by atoms with Gasteiger partial charge in [0.2, 0.25) is 100 Å². The molecule has 5 heterocycles. The fourth-order valence-corrected chi connectivity index (χ4v) is 19.0. The Morgan fingerprint density at radius 1 is 0.529 bits per heavy atom. The number of carbonyl (C=O) groups is 17. The van der Waals surface area contributed by atoms with Crippen LogP contribution in [0.2, 0.25) is 0 Å². The molecule has 136 heavy (non-hydrogen) atoms. The Labute approximate surface area is 794 Å². The Morgan fingerprint density at radius 2 is 1.05 bits per heavy atom. The maximum atomic E-state index is 15.9. The molecule has 736 valence electrons. The zero-order valence-corrected chi connectivity index (χ0v) is 79.6. The Kier molecular flexibility index (Phi) is 37.5. The number of likely N-dealkylation sites (N-methyl/N-ethyl adjacent to an activating group) is 3. The topological polar surface area (TPSA) is 577 Å². The summed E-state index contributed by atoms with van der Waals surface area (Å²) < 4.78 is 0. The molecule has 3 fully saturated rings. The van der Waals surface area contributed by atoms with Crippen molar-refractivity contribution in [2.24, 2.45) is 29.0 Å². The number of rotatable bonds is 23. The monoisotopic (exact) mass is 1900 g/mol. The van der Waals surface area contributed by atoms with Gasteiger partial charge in [-0.3, -0.25) is 81.5 Å². The van der Waals surface area contributed by atoms with E-state index >= 15 is 47.9 Å². The molecule has 20 N–H and O–H groups in total. The summed E-state index contributed by atoms with van der Waals surface area (Å²) in [7, 11) is 4.05. The number of phenolic OH excluding ortho intramolecular Hbond substituents is 1. The van der Waals surface area contributed by atoms with Crippen molar-refractivity contribution < 1.29 is 91.7 Å². The predicted molar refractivity (Wildman–Crippen MR) is 507 cm³/mol. The third kappa shape index (κ3) is 27.2. The molecule has 1 unspecified atom stereocenters. The summed E-state index contributed by atoms with van der Waals surface area (Å²) in [6.45, 7) is 10.8. The molecule has 0 saturated carbocycles. The number of amides is 17. The summed E-state index contributed by atoms with van der Waals surface area (Å²) in [5.41, 5.74) is 19.8. The number of thioether (sulfide) groups is 1. The highest BCUT2D eigenvalue weighted by Gasteiger charge is 2.52. The number of hydrogen-bond acceptors (Lipinski definition) is 21. The first-order valence-corrected chi connectivity index (χ1v) is 47.8. The lowest BCUT2D eigenvalue weighted by atomic mass is 9.92. The van der Waals surface area contributed by atoms with Crippen LogP contribution in [0.4, 0.5) is 0 Å². The van der Waals surface area contributed by atoms with E-state index in [9.17, 15) is 43.8 Å². The lowest BCUT2D eigenvalue weighted by Crippen LogP contribution is -2.66. The molecule has 4 aliphatic rings. The quantitative estimate of drug-likeness (QED) is 0.0413. The van der Waals surface area contributed by atoms with E-state index in [1.165, 1.54) is 62.1 Å². The van der Waals surface area contributed by atoms with E-state index < -0.39 is 216 Å². The van der Waals surface area contributed by atoms with Crippen molar-refractivity contribution in [3.8, 4) is 5.75 Å². The van der Waals surface area contributed by atoms with Gasteiger partial charge in [-0.1, -0.05) is 140 Å². The highest BCUT2D eigenvalue weighted by atomic mass is 32.2. The normalized spacial score (nSPS) is 24.9. The largest absolute Gasteiger partial charge is 0.508 e. The maximum absolute atomic E-state index is 15.9. The van der Waals surface area contributed by atoms with Gasteiger partial charge in [0.15, 0.2) is 0 Å². The molecule has 3 aliphatic heterocycles. The molecule has 0 radical (unpaired) electrons. The number of nitrogens with zero attached hydrogens (tertiary/aromatic N) is 5. The van der Waals surface area contributed by atoms with Crippen LogP contribution in [0.25, 0.3) is 21.8 Å². The Balaban J connectivity index is 1.03. The third-order valence-corrected chi connectivity index (χ3v) is 26.6. The van der Waals surface area contributed by atoms with Gasteiger partial charge < -0.3 is 115 Å². The Hall–Kier alpha value is -13.0. The number of aromatic nitrogens is 2. The second-order valence-corrected chi connectivity index (χ2v) is 37.9. The number of nitrogens with one attached hydrogen (secondary N) is 12. The van der Waals surface area contributed by atoms with Crippen LogP contribution in [0.5, 0.6) is 5.75 Å². The Bertz CT molecular complexity index is 5310. The van der Waals surface area contributed by atoms with E-state index in [1.54, 1.807) is 101 Å². The summed E-state index contributed by atoms with van der Waals surface area (Å²) in [5, 5.41) is 50.8. The van der Waals surface area contributed by atoms with Crippen LogP contribution in [0.1, 0.15) is 160 Å². The first kappa shape index (κ1) is 105. The van der Waals surface area contributed by atoms with Gasteiger partial charge in [0.25, 0.3) is 0 Å². The second-order valence-electron chi connectivity index (χ2n) is 36.8. The lowest BCUT2D eigenvalue weighted by molar-refractivity contribution is -0.149. The van der Waals surface area contributed by atoms with Crippen molar-refractivity contribution >= 4 is 134 Å². The number of phenols is 1. The number of aliphatic hydroxyl groups excluding tert-OH is 1. The van der Waals surface area contributed by atoms with Crippen LogP contribution >= 0.6 is 11.8 Å². The van der Waals surface area contributed by atoms with E-state index in [1.807, 2.05) is 26.0 Å². The molecular weight excluding hydrogens is 1770 g/mol. The minimum absolute atomic E-state index is 0.0160. The number of aliphatic hydroxyl groups is 1. The molecule has 1 spiro atoms. The van der Waals surface area contributed by atoms with Gasteiger partial charge in [-0.25, -0.2) is 0 Å². The molecule has 3 saturated heterocycles. The second kappa shape index (κ2) is 48.5. The van der Waals surface area contributed by atoms with Gasteiger partial charge >= 0.3 is 0 Å². The van der Waals surface area contributed by atoms with Crippen LogP contribution in [0.15, 0.2) is 109 Å². The molecule has 14 atom stereocenters. The molecule has 10 rings (SSSR count). The molecule has 2 aromatic heterocycles. The van der Waals surface area contributed by atoms with Gasteiger partial charge in [-0.05, 0) is 122 Å². The summed E-state index contributed by atoms with van der Waals surface area (Å²) in [6.07, 6.45) is 1.72. The number of hydrogen-bond donors (Lipinski definition) is 17. The SMILES string of the molecule is CCCC[C@H]1C(=O)N(C)[C@@H](CCCC)C(=O)N[C@@H](CC(C)C)C(=O)N[C@H](C(=O)NCC(N)=O)CSCC(=O)N[C@@H](Cc2ccc(O)cc2)C(=O)N(C)[C@@H](C)C(=O)N[C@@H](CC(N)=O)C(=O)N2CCC[C@H]2C(=O)NC2(Cc3ccccc3C2)C(=O)N[C@@H](CC(C)C)C(=O)N2C[C@H](O)C[C@H]2C(=O)NC(Cc2c[nH]c3ccccc23)C(=O)N[C@@H](CCN)C(=O)N[C@@H](Cc2c[nH]c3ccccc23)C(=O)N1C. The first-order valence-electron chi connectivity index (χ1n) is 46.6. The molecule has 39 nitrogen and oxygen atoms in total. The van der Waals surface area contributed by atoms with Crippen LogP contribution in [0, 0.1) is 11.8 Å². The van der Waals surface area contributed by atoms with E-state index in [-0.39, 0.29) is 120 Å². The number of aromatic hydroxyl groups is 1. The molecule has 4 aromatic carbocycles. The molecule has 0 bridgehead atoms. The number of unbranched alkanes of at least 4 members (excludes halogenated alkanes) is 2. The first-order chi connectivity index (χ1) is 64.7. The number of aromatic amines is 2. The summed E-state index contributed by atoms with van der Waals surface area (Å²) >= 11 is 0.808. The van der Waals surface area contributed by atoms with Gasteiger partial charge in [0, 0.05) is 113 Å². The van der Waals surface area contributed by atoms with Crippen LogP contribution in [-0.2, 0) is 114 Å². The third-order valence-electron chi connectivity index (χ3n) is 25.6. The van der Waals surface area contributed by atoms with Crippen LogP contribution in [0.3, 0.4) is 0 Å². The number of nitrogens with two attached hydrogens (primary N) is 3. The van der Waals surface area contributed by atoms with E-state index in [0.29, 0.717) is 75.3 Å². The van der Waals surface area contributed by atoms with Gasteiger partial charge in [0.05, 0.1) is 24.8 Å². The number of fused-ring (bicyclic) bond motifs is 5. The minimum atomic E-state index is -1.88. The molecular formula is C96H132N20O19S. The number of carbonyl (C=O) groups excluding carboxylic acids is 17. The van der Waals surface area contributed by atoms with E-state index in [2.05, 4.69) is 63.1 Å². The summed E-state index contributed by atoms with van der Waals surface area (Å²) in [4.78, 5) is 265. The highest BCUT2D eigenvalue weighted by molar-refractivity contribution is 8.00. The van der Waals surface area contributed by atoms with Crippen LogP contribution < -0.4 is 70.4 Å². The number of para-hydroxylation sites is 2. The molecule has 6 aromatic rings. The average Bonchev–Trinajstić information content (AvgIpc) is 1.61. The van der Waals surface area contributed by atoms with Crippen molar-refractivity contribution in [3.05, 3.63) is 137 Å². The maximum Gasteiger partial charge on any atom is 0.247 e. The fourth-order valence-electron chi connectivity index (χ4n) is 18.1. The highest BCUT2D eigenvalue weighted by Crippen LogP contribution is 2.34. The number of H-pyrrole nitrogens is 2. The summed E-state index contributed by atoms with van der Waals surface area (Å²) in [5.74, 6) is -16.6. The van der Waals surface area contributed by atoms with E-state index in [4.69, 9.17) is 17.2 Å². The molecule has 1 aliphatic carbocycles. The van der Waals surface area contributed by atoms with Crippen LogP contribution in [-0.4, -0.2) is 294 Å². The van der Waals surface area contributed by atoms with Gasteiger partial charge in [-0.15, -0.1) is 11.8 Å². The van der Waals surface area contributed by atoms with Crippen molar-refractivity contribution in [1.29, 1.82) is 0 Å². The number of benzene rings is 4. The summed E-state index contributed by atoms with van der Waals surface area (Å²) in [6, 6.07) is 7.82. The number of primary amides is 2. The average molecular weight is 1900 g/mol. The smallest absolute Gasteiger partial charge is 0.247 e. The minimum Gasteiger partial charge on any atom is -0.508 e. The van der Waals surface area contributed by atoms with Crippen molar-refractivity contribution in [2.75, 3.05) is 58.8 Å². The zero-order valence-electron chi connectivity index (χ0n) is 78.8. The van der Waals surface area contributed by atoms with E-state index in [0.717, 1.165) is 26.5 Å². The van der Waals surface area contributed by atoms with Gasteiger partial charge in [-0.2, -0.15) is 0 Å². The predicted octanol–water partition coefficient (Wildman–Crippen LogP) is 0.414. The zero-order chi connectivity index (χ0) is 99.1. The fraction of sp³-hybridized carbons (Fsp3) is 0.531. The lowest BCUT2D eigenvalue weighted by Gasteiger charge is -2.36. The van der Waals surface area contributed by atoms with Gasteiger partial charge in [0.1, 0.15) is 89.8 Å². The standard InChI is InChI=1S/C96H132N20O19S/c1-11-13-28-75-87(127)105-68(38-53(3)4)85(125)109-74(83(123)102-49-80(99)120)51-136-52-81(121)103-71(40-56-31-33-61(117)34-32-56)90(130)112(8)55(7)82(122)107-73(44-79(98)119)92(132)115-37-21-30-76(115)89(129)111-96(45-57-22-15-16-23-58(57)46-96)95(135)110-70(39-54(5)6)93(133)116-50-62(118)43-78(116)88(128)106-69(41-59-47-100-65-26-19-17-24-63(59)65)86(126)104-67(35-36-97)84(124)108-72(42-60-48-101-66-27-20-18-25-64(60)66)91(131)114(10)77(29-14-12-2)94(134)113(75)9/h15-20,22-27,31-34,47-48,53-55,62,67-78,100-101,117-118H,11-14,21,28-30,35-46,49-52,97H2,1-10H3,(H2,98,119)(H2,99,120)(H,102,123)(H,103,121)(H,104,126)(H,105,127)(H,106,128)(H,107,122)(H,108,124)(H,109,125)(H,110,135)(H,111,129)/t55-,62+,67-,68-,69?,70-,71-,72-,73-,74-,75-,76-,77-,78-/m0/s1. The van der Waals surface area contributed by atoms with Crippen molar-refractivity contribution in [1.82, 2.24) is 87.6 Å². The molecule has 17 amide bonds. The van der Waals surface area contributed by atoms with Crippen molar-refractivity contribution in [2.45, 2.75) is 254 Å². The van der Waals surface area contributed by atoms with Crippen molar-refractivity contribution in [3.63, 3.8) is 0 Å².